The van der Waals surface area contributed by atoms with Gasteiger partial charge in [-0.3, -0.25) is 4.79 Å². The number of fused-ring (bicyclic) bond motifs is 1. The maximum Gasteiger partial charge on any atom is 0.279 e. The zero-order chi connectivity index (χ0) is 16.2. The summed E-state index contributed by atoms with van der Waals surface area (Å²) in [4.78, 5) is 17.5. The Morgan fingerprint density at radius 3 is 2.70 bits per heavy atom. The Hall–Kier alpha value is -1.51. The van der Waals surface area contributed by atoms with Crippen molar-refractivity contribution in [2.75, 3.05) is 13.7 Å². The minimum atomic E-state index is -0.223. The van der Waals surface area contributed by atoms with Gasteiger partial charge in [0, 0.05) is 22.8 Å². The van der Waals surface area contributed by atoms with E-state index in [1.807, 2.05) is 41.0 Å². The van der Waals surface area contributed by atoms with Crippen molar-refractivity contribution in [3.8, 4) is 0 Å². The SMILES string of the molecule is COCCn1c(=NC(=O)c2ccc(I)cc2)sc2ccccc21. The molecule has 2 aromatic carbocycles. The third-order valence-electron chi connectivity index (χ3n) is 3.40. The summed E-state index contributed by atoms with van der Waals surface area (Å²) >= 11 is 3.73. The monoisotopic (exact) mass is 438 g/mol. The fraction of sp³-hybridized carbons (Fsp3) is 0.176. The minimum absolute atomic E-state index is 0.223. The molecule has 0 fully saturated rings. The van der Waals surface area contributed by atoms with Gasteiger partial charge in [-0.2, -0.15) is 4.99 Å². The van der Waals surface area contributed by atoms with Crippen LogP contribution in [0.2, 0.25) is 0 Å². The third-order valence-corrected chi connectivity index (χ3v) is 5.17. The van der Waals surface area contributed by atoms with Gasteiger partial charge in [0.05, 0.1) is 16.8 Å². The first-order chi connectivity index (χ1) is 11.2. The van der Waals surface area contributed by atoms with Crippen LogP contribution >= 0.6 is 33.9 Å². The van der Waals surface area contributed by atoms with Crippen LogP contribution in [0.3, 0.4) is 0 Å². The van der Waals surface area contributed by atoms with E-state index in [4.69, 9.17) is 4.74 Å². The highest BCUT2D eigenvalue weighted by Gasteiger charge is 2.08. The molecule has 0 spiro atoms. The summed E-state index contributed by atoms with van der Waals surface area (Å²) in [6.07, 6.45) is 0. The van der Waals surface area contributed by atoms with Gasteiger partial charge < -0.3 is 9.30 Å². The maximum atomic E-state index is 12.4. The summed E-state index contributed by atoms with van der Waals surface area (Å²) < 4.78 is 9.42. The van der Waals surface area contributed by atoms with Crippen molar-refractivity contribution in [2.45, 2.75) is 6.54 Å². The number of carbonyl (C=O) groups is 1. The first-order valence-electron chi connectivity index (χ1n) is 7.11. The largest absolute Gasteiger partial charge is 0.383 e. The lowest BCUT2D eigenvalue weighted by Gasteiger charge is -2.03. The Morgan fingerprint density at radius 2 is 1.96 bits per heavy atom. The van der Waals surface area contributed by atoms with E-state index in [0.29, 0.717) is 23.5 Å². The van der Waals surface area contributed by atoms with Crippen LogP contribution in [-0.4, -0.2) is 24.2 Å². The molecular formula is C17H15IN2O2S. The lowest BCUT2D eigenvalue weighted by atomic mass is 10.2. The number of rotatable bonds is 4. The molecule has 3 rings (SSSR count). The normalized spacial score (nSPS) is 12.0. The highest BCUT2D eigenvalue weighted by molar-refractivity contribution is 14.1. The van der Waals surface area contributed by atoms with E-state index >= 15 is 0 Å². The topological polar surface area (TPSA) is 43.6 Å². The molecule has 4 nitrogen and oxygen atoms in total. The van der Waals surface area contributed by atoms with Crippen molar-refractivity contribution >= 4 is 50.1 Å². The molecule has 1 heterocycles. The van der Waals surface area contributed by atoms with Crippen LogP contribution < -0.4 is 4.80 Å². The highest BCUT2D eigenvalue weighted by atomic mass is 127. The van der Waals surface area contributed by atoms with Crippen LogP contribution in [0.1, 0.15) is 10.4 Å². The smallest absolute Gasteiger partial charge is 0.279 e. The zero-order valence-corrected chi connectivity index (χ0v) is 15.5. The summed E-state index contributed by atoms with van der Waals surface area (Å²) in [7, 11) is 1.67. The number of hydrogen-bond acceptors (Lipinski definition) is 3. The first-order valence-corrected chi connectivity index (χ1v) is 9.00. The average Bonchev–Trinajstić information content (AvgIpc) is 2.90. The molecule has 0 saturated heterocycles. The molecule has 0 N–H and O–H groups in total. The number of halogens is 1. The lowest BCUT2D eigenvalue weighted by Crippen LogP contribution is -2.19. The predicted octanol–water partition coefficient (Wildman–Crippen LogP) is 3.69. The van der Waals surface area contributed by atoms with Crippen LogP contribution in [0.25, 0.3) is 10.2 Å². The average molecular weight is 438 g/mol. The zero-order valence-electron chi connectivity index (χ0n) is 12.5. The number of para-hydroxylation sites is 1. The molecule has 0 saturated carbocycles. The number of thiazole rings is 1. The first kappa shape index (κ1) is 16.4. The van der Waals surface area contributed by atoms with Crippen LogP contribution in [0.15, 0.2) is 53.5 Å². The molecule has 1 aromatic heterocycles. The van der Waals surface area contributed by atoms with Gasteiger partial charge in [-0.25, -0.2) is 0 Å². The molecule has 0 radical (unpaired) electrons. The van der Waals surface area contributed by atoms with Gasteiger partial charge in [-0.1, -0.05) is 23.5 Å². The molecule has 118 valence electrons. The Bertz CT molecular complexity index is 897. The number of amides is 1. The second-order valence-electron chi connectivity index (χ2n) is 4.92. The molecule has 0 atom stereocenters. The summed E-state index contributed by atoms with van der Waals surface area (Å²) in [6.45, 7) is 1.24. The van der Waals surface area contributed by atoms with Crippen LogP contribution in [-0.2, 0) is 11.3 Å². The molecule has 0 aliphatic rings. The summed E-state index contributed by atoms with van der Waals surface area (Å²) in [6, 6.07) is 15.5. The summed E-state index contributed by atoms with van der Waals surface area (Å²) in [5, 5.41) is 0. The van der Waals surface area contributed by atoms with Crippen LogP contribution in [0, 0.1) is 3.57 Å². The number of aromatic nitrogens is 1. The Balaban J connectivity index is 2.06. The van der Waals surface area contributed by atoms with E-state index in [-0.39, 0.29) is 5.91 Å². The fourth-order valence-corrected chi connectivity index (χ4v) is 3.66. The molecule has 0 bridgehead atoms. The number of methoxy groups -OCH3 is 1. The van der Waals surface area contributed by atoms with Crippen LogP contribution in [0.4, 0.5) is 0 Å². The molecule has 6 heteroatoms. The second kappa shape index (κ2) is 7.37. The van der Waals surface area contributed by atoms with Crippen molar-refractivity contribution in [2.24, 2.45) is 4.99 Å². The maximum absolute atomic E-state index is 12.4. The van der Waals surface area contributed by atoms with Gasteiger partial charge >= 0.3 is 0 Å². The van der Waals surface area contributed by atoms with Crippen molar-refractivity contribution in [1.82, 2.24) is 4.57 Å². The van der Waals surface area contributed by atoms with Gasteiger partial charge in [0.2, 0.25) is 0 Å². The van der Waals surface area contributed by atoms with Crippen molar-refractivity contribution in [3.63, 3.8) is 0 Å². The highest BCUT2D eigenvalue weighted by Crippen LogP contribution is 2.17. The third kappa shape index (κ3) is 3.70. The van der Waals surface area contributed by atoms with Gasteiger partial charge in [0.25, 0.3) is 5.91 Å². The number of carbonyl (C=O) groups excluding carboxylic acids is 1. The molecule has 0 unspecified atom stereocenters. The Kier molecular flexibility index (Phi) is 5.24. The molecule has 3 aromatic rings. The van der Waals surface area contributed by atoms with Gasteiger partial charge in [-0.05, 0) is 59.0 Å². The number of benzene rings is 2. The Labute approximate surface area is 151 Å². The van der Waals surface area contributed by atoms with E-state index in [9.17, 15) is 4.79 Å². The van der Waals surface area contributed by atoms with E-state index in [1.54, 1.807) is 19.2 Å². The minimum Gasteiger partial charge on any atom is -0.383 e. The van der Waals surface area contributed by atoms with E-state index in [1.165, 1.54) is 11.3 Å². The molecule has 0 aliphatic carbocycles. The van der Waals surface area contributed by atoms with Gasteiger partial charge in [0.1, 0.15) is 0 Å². The lowest BCUT2D eigenvalue weighted by molar-refractivity contribution is 0.0997. The summed E-state index contributed by atoms with van der Waals surface area (Å²) in [5.41, 5.74) is 1.67. The molecule has 0 aliphatic heterocycles. The Morgan fingerprint density at radius 1 is 1.22 bits per heavy atom. The number of hydrogen-bond donors (Lipinski definition) is 0. The number of ether oxygens (including phenoxy) is 1. The quantitative estimate of drug-likeness (QED) is 0.584. The van der Waals surface area contributed by atoms with Crippen molar-refractivity contribution in [3.05, 3.63) is 62.5 Å². The van der Waals surface area contributed by atoms with Gasteiger partial charge in [0.15, 0.2) is 4.80 Å². The van der Waals surface area contributed by atoms with Crippen molar-refractivity contribution in [1.29, 1.82) is 0 Å². The standard InChI is InChI=1S/C17H15IN2O2S/c1-22-11-10-20-14-4-2-3-5-15(14)23-17(20)19-16(21)12-6-8-13(18)9-7-12/h2-9H,10-11H2,1H3. The second-order valence-corrected chi connectivity index (χ2v) is 7.18. The molecule has 23 heavy (non-hydrogen) atoms. The van der Waals surface area contributed by atoms with Crippen LogP contribution in [0.5, 0.6) is 0 Å². The number of nitrogens with zero attached hydrogens (tertiary/aromatic N) is 2. The van der Waals surface area contributed by atoms with E-state index in [0.717, 1.165) is 13.8 Å². The molecular weight excluding hydrogens is 423 g/mol. The van der Waals surface area contributed by atoms with E-state index in [2.05, 4.69) is 27.6 Å². The predicted molar refractivity (Wildman–Crippen MR) is 101 cm³/mol. The fourth-order valence-electron chi connectivity index (χ4n) is 2.25. The van der Waals surface area contributed by atoms with E-state index < -0.39 is 0 Å². The van der Waals surface area contributed by atoms with Crippen molar-refractivity contribution < 1.29 is 9.53 Å². The summed E-state index contributed by atoms with van der Waals surface area (Å²) in [5.74, 6) is -0.223. The van der Waals surface area contributed by atoms with Gasteiger partial charge in [-0.15, -0.1) is 0 Å². The molecule has 1 amide bonds.